The number of hydrogen-bond donors (Lipinski definition) is 0. The van der Waals surface area contributed by atoms with E-state index in [-0.39, 0.29) is 0 Å². The lowest BCUT2D eigenvalue weighted by atomic mass is 9.96. The second-order valence-electron chi connectivity index (χ2n) is 4.37. The SMILES string of the molecule is C1=C2CCCCC(=CC1)CCCC2. The zero-order valence-electron chi connectivity index (χ0n) is 8.52. The van der Waals surface area contributed by atoms with Crippen LogP contribution in [0, 0.1) is 0 Å². The molecule has 0 spiro atoms. The Labute approximate surface area is 81.7 Å². The van der Waals surface area contributed by atoms with E-state index in [1.807, 2.05) is 0 Å². The van der Waals surface area contributed by atoms with E-state index in [1.54, 1.807) is 11.1 Å². The summed E-state index contributed by atoms with van der Waals surface area (Å²) in [6.07, 6.45) is 17.4. The van der Waals surface area contributed by atoms with Crippen LogP contribution in [0.25, 0.3) is 0 Å². The van der Waals surface area contributed by atoms with Crippen LogP contribution < -0.4 is 0 Å². The largest absolute Gasteiger partial charge is 0.0815 e. The van der Waals surface area contributed by atoms with Gasteiger partial charge in [-0.2, -0.15) is 0 Å². The third-order valence-corrected chi connectivity index (χ3v) is 3.30. The van der Waals surface area contributed by atoms with Gasteiger partial charge in [-0.3, -0.25) is 0 Å². The van der Waals surface area contributed by atoms with Crippen molar-refractivity contribution in [2.24, 2.45) is 0 Å². The average Bonchev–Trinajstić information content (AvgIpc) is 2.33. The van der Waals surface area contributed by atoms with Crippen LogP contribution in [-0.2, 0) is 0 Å². The fraction of sp³-hybridized carbons (Fsp3) is 0.692. The molecule has 0 nitrogen and oxygen atoms in total. The van der Waals surface area contributed by atoms with Crippen molar-refractivity contribution >= 4 is 0 Å². The topological polar surface area (TPSA) is 0 Å². The van der Waals surface area contributed by atoms with Crippen LogP contribution in [0.4, 0.5) is 0 Å². The Morgan fingerprint density at radius 2 is 1.00 bits per heavy atom. The maximum atomic E-state index is 2.48. The smallest absolute Gasteiger partial charge is 0.0164 e. The van der Waals surface area contributed by atoms with Gasteiger partial charge in [0.25, 0.3) is 0 Å². The van der Waals surface area contributed by atoms with E-state index in [2.05, 4.69) is 12.2 Å². The number of hydrogen-bond acceptors (Lipinski definition) is 0. The molecule has 0 amide bonds. The molecule has 0 atom stereocenters. The first kappa shape index (κ1) is 9.05. The molecule has 0 fully saturated rings. The first-order valence-corrected chi connectivity index (χ1v) is 5.81. The molecule has 2 rings (SSSR count). The van der Waals surface area contributed by atoms with Gasteiger partial charge in [0.1, 0.15) is 0 Å². The molecule has 72 valence electrons. The van der Waals surface area contributed by atoms with Crippen molar-refractivity contribution in [3.8, 4) is 0 Å². The summed E-state index contributed by atoms with van der Waals surface area (Å²) >= 11 is 0. The predicted octanol–water partition coefficient (Wildman–Crippen LogP) is 4.38. The van der Waals surface area contributed by atoms with E-state index in [4.69, 9.17) is 0 Å². The Bertz CT molecular complexity index is 180. The van der Waals surface area contributed by atoms with Crippen LogP contribution in [0.3, 0.4) is 0 Å². The van der Waals surface area contributed by atoms with Gasteiger partial charge in [0.05, 0.1) is 0 Å². The normalized spacial score (nSPS) is 24.6. The lowest BCUT2D eigenvalue weighted by Gasteiger charge is -2.10. The molecule has 0 saturated heterocycles. The number of rotatable bonds is 0. The number of allylic oxidation sites excluding steroid dienone is 4. The standard InChI is InChI=1S/C13H20/c1-2-7-13-9-4-3-8-12(6-1)10-5-11-13/h10-11H,1-9H2. The fourth-order valence-corrected chi connectivity index (χ4v) is 2.46. The molecular formula is C13H20. The lowest BCUT2D eigenvalue weighted by molar-refractivity contribution is 0.627. The summed E-state index contributed by atoms with van der Waals surface area (Å²) < 4.78 is 0. The predicted molar refractivity (Wildman–Crippen MR) is 57.7 cm³/mol. The quantitative estimate of drug-likeness (QED) is 0.480. The highest BCUT2D eigenvalue weighted by Gasteiger charge is 2.06. The van der Waals surface area contributed by atoms with E-state index < -0.39 is 0 Å². The first-order chi connectivity index (χ1) is 6.45. The summed E-state index contributed by atoms with van der Waals surface area (Å²) in [5, 5.41) is 0. The van der Waals surface area contributed by atoms with Crippen molar-refractivity contribution in [1.29, 1.82) is 0 Å². The van der Waals surface area contributed by atoms with E-state index in [9.17, 15) is 0 Å². The van der Waals surface area contributed by atoms with E-state index in [0.717, 1.165) is 0 Å². The van der Waals surface area contributed by atoms with Gasteiger partial charge >= 0.3 is 0 Å². The van der Waals surface area contributed by atoms with Crippen LogP contribution in [0.1, 0.15) is 57.8 Å². The molecule has 0 radical (unpaired) electrons. The second-order valence-corrected chi connectivity index (χ2v) is 4.37. The lowest BCUT2D eigenvalue weighted by Crippen LogP contribution is -1.91. The molecule has 0 heterocycles. The maximum Gasteiger partial charge on any atom is -0.0164 e. The Kier molecular flexibility index (Phi) is 3.23. The Hall–Kier alpha value is -0.520. The highest BCUT2D eigenvalue weighted by molar-refractivity contribution is 5.12. The Morgan fingerprint density at radius 3 is 1.38 bits per heavy atom. The zero-order chi connectivity index (χ0) is 8.93. The fourth-order valence-electron chi connectivity index (χ4n) is 2.46. The highest BCUT2D eigenvalue weighted by atomic mass is 14.1. The van der Waals surface area contributed by atoms with Crippen molar-refractivity contribution < 1.29 is 0 Å². The van der Waals surface area contributed by atoms with Crippen LogP contribution in [-0.4, -0.2) is 0 Å². The summed E-state index contributed by atoms with van der Waals surface area (Å²) in [5.41, 5.74) is 3.47. The van der Waals surface area contributed by atoms with Gasteiger partial charge in [-0.25, -0.2) is 0 Å². The van der Waals surface area contributed by atoms with Crippen LogP contribution in [0.2, 0.25) is 0 Å². The minimum Gasteiger partial charge on any atom is -0.0815 e. The third kappa shape index (κ3) is 2.72. The van der Waals surface area contributed by atoms with Crippen molar-refractivity contribution in [2.75, 3.05) is 0 Å². The molecule has 0 aromatic heterocycles. The first-order valence-electron chi connectivity index (χ1n) is 5.81. The van der Waals surface area contributed by atoms with Gasteiger partial charge in [-0.15, -0.1) is 0 Å². The second kappa shape index (κ2) is 4.64. The molecular weight excluding hydrogens is 156 g/mol. The number of fused-ring (bicyclic) bond motifs is 2. The van der Waals surface area contributed by atoms with Gasteiger partial charge in [0.15, 0.2) is 0 Å². The monoisotopic (exact) mass is 176 g/mol. The third-order valence-electron chi connectivity index (χ3n) is 3.30. The van der Waals surface area contributed by atoms with Gasteiger partial charge < -0.3 is 0 Å². The van der Waals surface area contributed by atoms with E-state index in [1.165, 1.54) is 57.8 Å². The molecule has 0 unspecified atom stereocenters. The minimum absolute atomic E-state index is 1.21. The molecule has 2 bridgehead atoms. The Morgan fingerprint density at radius 1 is 0.615 bits per heavy atom. The van der Waals surface area contributed by atoms with Crippen LogP contribution in [0.5, 0.6) is 0 Å². The summed E-state index contributed by atoms with van der Waals surface area (Å²) in [6.45, 7) is 0. The molecule has 2 aliphatic rings. The Balaban J connectivity index is 2.12. The average molecular weight is 176 g/mol. The molecule has 0 saturated carbocycles. The molecule has 0 aromatic carbocycles. The molecule has 13 heavy (non-hydrogen) atoms. The van der Waals surface area contributed by atoms with Crippen molar-refractivity contribution in [1.82, 2.24) is 0 Å². The summed E-state index contributed by atoms with van der Waals surface area (Å²) in [7, 11) is 0. The zero-order valence-corrected chi connectivity index (χ0v) is 8.52. The highest BCUT2D eigenvalue weighted by Crippen LogP contribution is 2.26. The summed E-state index contributed by atoms with van der Waals surface area (Å²) in [4.78, 5) is 0. The van der Waals surface area contributed by atoms with Crippen LogP contribution >= 0.6 is 0 Å². The van der Waals surface area contributed by atoms with Crippen LogP contribution in [0.15, 0.2) is 23.3 Å². The molecule has 2 aliphatic carbocycles. The van der Waals surface area contributed by atoms with Gasteiger partial charge in [0, 0.05) is 0 Å². The summed E-state index contributed by atoms with van der Waals surface area (Å²) in [6, 6.07) is 0. The maximum absolute atomic E-state index is 2.48. The van der Waals surface area contributed by atoms with Crippen molar-refractivity contribution in [3.63, 3.8) is 0 Å². The molecule has 0 aliphatic heterocycles. The van der Waals surface area contributed by atoms with E-state index in [0.29, 0.717) is 0 Å². The van der Waals surface area contributed by atoms with E-state index >= 15 is 0 Å². The summed E-state index contributed by atoms with van der Waals surface area (Å²) in [5.74, 6) is 0. The molecule has 0 aromatic rings. The van der Waals surface area contributed by atoms with Crippen molar-refractivity contribution in [2.45, 2.75) is 57.8 Å². The molecule has 0 heteroatoms. The van der Waals surface area contributed by atoms with Gasteiger partial charge in [0.2, 0.25) is 0 Å². The van der Waals surface area contributed by atoms with Gasteiger partial charge in [-0.1, -0.05) is 23.3 Å². The van der Waals surface area contributed by atoms with Gasteiger partial charge in [-0.05, 0) is 57.8 Å². The minimum atomic E-state index is 1.21. The molecule has 0 N–H and O–H groups in total. The van der Waals surface area contributed by atoms with Crippen molar-refractivity contribution in [3.05, 3.63) is 23.3 Å².